The van der Waals surface area contributed by atoms with Crippen molar-refractivity contribution in [1.29, 1.82) is 0 Å². The number of rotatable bonds is 7. The second-order valence-corrected chi connectivity index (χ2v) is 52.5. The first-order chi connectivity index (χ1) is 61.4. The summed E-state index contributed by atoms with van der Waals surface area (Å²) in [5, 5.41) is 0. The van der Waals surface area contributed by atoms with Crippen molar-refractivity contribution in [2.75, 3.05) is 24.5 Å². The van der Waals surface area contributed by atoms with Crippen LogP contribution in [0.2, 0.25) is 0 Å². The van der Waals surface area contributed by atoms with Crippen molar-refractivity contribution in [2.24, 2.45) is 0 Å². The van der Waals surface area contributed by atoms with Crippen LogP contribution in [0.25, 0.3) is 0 Å². The summed E-state index contributed by atoms with van der Waals surface area (Å²) in [5.41, 5.74) is 40.6. The Hall–Kier alpha value is -10.9. The summed E-state index contributed by atoms with van der Waals surface area (Å²) in [7, 11) is 0. The molecule has 7 heterocycles. The quantitative estimate of drug-likeness (QED) is 0.116. The van der Waals surface area contributed by atoms with E-state index in [1.54, 1.807) is 0 Å². The molecular weight excluding hydrogens is 1620 g/mol. The summed E-state index contributed by atoms with van der Waals surface area (Å²) in [5.74, 6) is 1.47. The number of fused-ring (bicyclic) bond motifs is 10. The van der Waals surface area contributed by atoms with Gasteiger partial charge in [0, 0.05) is 85.1 Å². The Balaban J connectivity index is 1.04. The minimum Gasteiger partial charge on any atom is -0.457 e. The van der Waals surface area contributed by atoms with Crippen LogP contribution in [-0.4, -0.2) is 26.1 Å². The standard InChI is InChI=1S/C122H142B3N5O3/c1-111(2,3)72-42-46-88-94(64-72)127(83-58-76(115(13,14)15)53-77(59-83)116(16,17)18)100-68-101-104-107-103(100)123(88)90-48-44-86(121(31,32)33)108-105(90)130(107)106-91(49-45-87(109(106)133-108)122(34,35)36)125(104)93-66-92-96(67-97(93)129(101)85-62-80(119(25,26)27)55-81(63-85)120(28,29)30)128(84-60-78(117(19,20)21)54-79(61-84)118(22,23)24)99-51-71(110(131)132-69-70-40-38-37-39-41-70)50-98-102(99)124(92)89-47-43-73(112(4,5)6)65-95(89)126(98)82-56-74(113(7,8)9)52-75(57-82)114(10,11)12/h37-68H,69H2,1-36H3. The second-order valence-electron chi connectivity index (χ2n) is 52.5. The minimum atomic E-state index is -0.398. The van der Waals surface area contributed by atoms with Gasteiger partial charge in [-0.1, -0.05) is 358 Å². The Morgan fingerprint density at radius 2 is 0.526 bits per heavy atom. The second kappa shape index (κ2) is 29.6. The van der Waals surface area contributed by atoms with Gasteiger partial charge in [0.05, 0.1) is 16.9 Å². The van der Waals surface area contributed by atoms with Gasteiger partial charge in [-0.15, -0.1) is 0 Å². The molecular formula is C122H142B3N5O3. The van der Waals surface area contributed by atoms with Crippen molar-refractivity contribution < 1.29 is 14.3 Å². The molecule has 0 bridgehead atoms. The fourth-order valence-electron chi connectivity index (χ4n) is 21.8. The molecule has 7 aliphatic rings. The predicted octanol–water partition coefficient (Wildman–Crippen LogP) is 27.5. The van der Waals surface area contributed by atoms with Gasteiger partial charge >= 0.3 is 5.97 Å². The van der Waals surface area contributed by atoms with Crippen molar-refractivity contribution in [3.05, 3.63) is 272 Å². The average molecular weight is 1760 g/mol. The summed E-state index contributed by atoms with van der Waals surface area (Å²) < 4.78 is 15.0. The van der Waals surface area contributed by atoms with Gasteiger partial charge in [-0.2, -0.15) is 0 Å². The molecule has 0 spiro atoms. The van der Waals surface area contributed by atoms with E-state index in [2.05, 4.69) is 438 Å². The molecule has 0 radical (unpaired) electrons. The molecule has 8 nitrogen and oxygen atoms in total. The van der Waals surface area contributed by atoms with Gasteiger partial charge < -0.3 is 34.0 Å². The largest absolute Gasteiger partial charge is 0.457 e. The summed E-state index contributed by atoms with van der Waals surface area (Å²) >= 11 is 0. The number of hydrogen-bond acceptors (Lipinski definition) is 8. The molecule has 12 aromatic rings. The SMILES string of the molecule is CC(C)(C)c1cc(N2c3cc(C(C)(C)C)ccc3B3c4cc5c(cc4N(c4cc(C(C)(C)C)cc(C(C)(C)C)c4)c4cc(C(=O)OCc6ccccc6)cc2c43)N(c2cc(C(C)(C)C)cc(C(C)(C)C)c2)c2cc3c4c6c2B5c2ccc(C(C)(C)C)c5c2N6c2c(ccc(C(C)(C)C)c2O5)B4c2ccc(C(C)(C)C)cc2N3c2cc(C(C)(C)C)cc(C(C)(C)C)c2)cc(C(C)(C)C)c1. The van der Waals surface area contributed by atoms with E-state index in [0.717, 1.165) is 96.5 Å². The lowest BCUT2D eigenvalue weighted by Crippen LogP contribution is -2.70. The lowest BCUT2D eigenvalue weighted by atomic mass is 9.27. The van der Waals surface area contributed by atoms with E-state index in [0.29, 0.717) is 5.56 Å². The fraction of sp³-hybridized carbons (Fsp3) is 0.402. The summed E-state index contributed by atoms with van der Waals surface area (Å²) in [4.78, 5) is 29.8. The third-order valence-electron chi connectivity index (χ3n) is 30.0. The van der Waals surface area contributed by atoms with Gasteiger partial charge in [0.15, 0.2) is 11.5 Å². The monoisotopic (exact) mass is 1760 g/mol. The number of ether oxygens (including phenoxy) is 2. The molecule has 0 aliphatic carbocycles. The van der Waals surface area contributed by atoms with Crippen molar-refractivity contribution in [3.63, 3.8) is 0 Å². The lowest BCUT2D eigenvalue weighted by molar-refractivity contribution is 0.0472. The van der Waals surface area contributed by atoms with Crippen LogP contribution < -0.4 is 78.4 Å². The Labute approximate surface area is 798 Å². The Morgan fingerprint density at radius 1 is 0.248 bits per heavy atom. The van der Waals surface area contributed by atoms with E-state index in [1.807, 2.05) is 30.3 Å². The van der Waals surface area contributed by atoms with Gasteiger partial charge in [0.1, 0.15) is 6.61 Å². The highest BCUT2D eigenvalue weighted by atomic mass is 16.5. The Kier molecular flexibility index (Phi) is 20.3. The molecule has 682 valence electrons. The molecule has 0 fully saturated rings. The highest BCUT2D eigenvalue weighted by Crippen LogP contribution is 2.62. The number of benzene rings is 12. The topological polar surface area (TPSA) is 51.7 Å². The van der Waals surface area contributed by atoms with E-state index in [4.69, 9.17) is 9.47 Å². The van der Waals surface area contributed by atoms with E-state index in [-0.39, 0.29) is 91.0 Å². The molecule has 0 N–H and O–H groups in total. The molecule has 0 atom stereocenters. The average Bonchev–Trinajstić information content (AvgIpc) is 0.652. The Morgan fingerprint density at radius 3 is 0.835 bits per heavy atom. The molecule has 0 saturated carbocycles. The molecule has 12 aromatic carbocycles. The summed E-state index contributed by atoms with van der Waals surface area (Å²) in [6.07, 6.45) is 0. The van der Waals surface area contributed by atoms with Crippen molar-refractivity contribution >= 4 is 161 Å². The van der Waals surface area contributed by atoms with Crippen LogP contribution in [-0.2, 0) is 76.3 Å². The predicted molar refractivity (Wildman–Crippen MR) is 574 cm³/mol. The van der Waals surface area contributed by atoms with Crippen molar-refractivity contribution in [3.8, 4) is 11.5 Å². The van der Waals surface area contributed by atoms with Gasteiger partial charge in [-0.3, -0.25) is 0 Å². The van der Waals surface area contributed by atoms with Crippen LogP contribution in [0.15, 0.2) is 194 Å². The zero-order valence-corrected chi connectivity index (χ0v) is 86.9. The van der Waals surface area contributed by atoms with Crippen LogP contribution in [0.4, 0.5) is 85.3 Å². The maximum atomic E-state index is 16.3. The van der Waals surface area contributed by atoms with Crippen LogP contribution >= 0.6 is 0 Å². The minimum absolute atomic E-state index is 0.110. The van der Waals surface area contributed by atoms with Crippen LogP contribution in [0.3, 0.4) is 0 Å². The number of carbonyl (C=O) groups excluding carboxylic acids is 1. The van der Waals surface area contributed by atoms with E-state index in [1.165, 1.54) is 122 Å². The molecule has 0 saturated heterocycles. The molecule has 0 amide bonds. The van der Waals surface area contributed by atoms with Gasteiger partial charge in [-0.25, -0.2) is 4.79 Å². The van der Waals surface area contributed by atoms with Crippen molar-refractivity contribution in [1.82, 2.24) is 0 Å². The van der Waals surface area contributed by atoms with Gasteiger partial charge in [-0.05, 0) is 260 Å². The van der Waals surface area contributed by atoms with Crippen molar-refractivity contribution in [2.45, 2.75) is 321 Å². The number of hydrogen-bond donors (Lipinski definition) is 0. The summed E-state index contributed by atoms with van der Waals surface area (Å²) in [6, 6.07) is 77.5. The smallest absolute Gasteiger partial charge is 0.338 e. The molecule has 7 aliphatic heterocycles. The molecule has 133 heavy (non-hydrogen) atoms. The van der Waals surface area contributed by atoms with E-state index < -0.39 is 6.71 Å². The number of carbonyl (C=O) groups is 1. The van der Waals surface area contributed by atoms with Crippen LogP contribution in [0.1, 0.15) is 332 Å². The third-order valence-corrected chi connectivity index (χ3v) is 30.0. The highest BCUT2D eigenvalue weighted by Gasteiger charge is 2.58. The highest BCUT2D eigenvalue weighted by molar-refractivity contribution is 7.06. The molecule has 0 unspecified atom stereocenters. The molecule has 19 rings (SSSR count). The number of anilines is 15. The van der Waals surface area contributed by atoms with Gasteiger partial charge in [0.2, 0.25) is 0 Å². The van der Waals surface area contributed by atoms with E-state index in [9.17, 15) is 0 Å². The first-order valence-electron chi connectivity index (χ1n) is 49.2. The summed E-state index contributed by atoms with van der Waals surface area (Å²) in [6.45, 7) is 84.4. The van der Waals surface area contributed by atoms with E-state index >= 15 is 4.79 Å². The lowest BCUT2D eigenvalue weighted by Gasteiger charge is -2.53. The van der Waals surface area contributed by atoms with Gasteiger partial charge in [0.25, 0.3) is 20.1 Å². The maximum absolute atomic E-state index is 16.3. The zero-order chi connectivity index (χ0) is 96.0. The van der Waals surface area contributed by atoms with Crippen LogP contribution in [0, 0.1) is 0 Å². The Bertz CT molecular complexity index is 6790. The zero-order valence-electron chi connectivity index (χ0n) is 86.9. The fourth-order valence-corrected chi connectivity index (χ4v) is 21.8. The maximum Gasteiger partial charge on any atom is 0.338 e. The third kappa shape index (κ3) is 15.0. The molecule has 11 heteroatoms. The first kappa shape index (κ1) is 91.2. The number of nitrogens with zero attached hydrogens (tertiary/aromatic N) is 5. The normalized spacial score (nSPS) is 15.1. The van der Waals surface area contributed by atoms with Crippen LogP contribution in [0.5, 0.6) is 11.5 Å². The number of esters is 1. The molecule has 0 aromatic heterocycles. The first-order valence-corrected chi connectivity index (χ1v) is 49.2.